The molecule has 0 aromatic heterocycles. The second-order valence-electron chi connectivity index (χ2n) is 8.21. The van der Waals surface area contributed by atoms with Gasteiger partial charge >= 0.3 is 0 Å². The molecule has 170 valence electrons. The molecule has 2 aromatic rings. The van der Waals surface area contributed by atoms with E-state index < -0.39 is 37.3 Å². The second kappa shape index (κ2) is 7.39. The summed E-state index contributed by atoms with van der Waals surface area (Å²) in [7, 11) is 0. The van der Waals surface area contributed by atoms with Crippen LogP contribution in [0, 0.1) is 0 Å². The van der Waals surface area contributed by atoms with E-state index in [9.17, 15) is 20.4 Å². The number of rotatable bonds is 3. The molecule has 4 aliphatic rings. The number of aliphatic hydroxyl groups is 4. The van der Waals surface area contributed by atoms with Crippen molar-refractivity contribution in [3.8, 4) is 28.7 Å². The molecular weight excluding hydrogens is 424 g/mol. The van der Waals surface area contributed by atoms with Gasteiger partial charge in [-0.2, -0.15) is 0 Å². The summed E-state index contributed by atoms with van der Waals surface area (Å²) in [5.41, 5.74) is 1.85. The van der Waals surface area contributed by atoms with E-state index in [1.807, 2.05) is 18.2 Å². The Labute approximate surface area is 182 Å². The molecule has 10 nitrogen and oxygen atoms in total. The summed E-state index contributed by atoms with van der Waals surface area (Å²) in [5.74, 6) is 3.00. The summed E-state index contributed by atoms with van der Waals surface area (Å²) >= 11 is 0. The lowest BCUT2D eigenvalue weighted by atomic mass is 9.89. The third-order valence-corrected chi connectivity index (χ3v) is 6.33. The van der Waals surface area contributed by atoms with Crippen LogP contribution in [0.2, 0.25) is 0 Å². The van der Waals surface area contributed by atoms with Crippen molar-refractivity contribution in [3.63, 3.8) is 0 Å². The molecule has 0 unspecified atom stereocenters. The van der Waals surface area contributed by atoms with Crippen LogP contribution in [-0.4, -0.2) is 71.1 Å². The lowest BCUT2D eigenvalue weighted by Crippen LogP contribution is -2.60. The Morgan fingerprint density at radius 3 is 2.47 bits per heavy atom. The van der Waals surface area contributed by atoms with Crippen LogP contribution < -0.4 is 23.7 Å². The van der Waals surface area contributed by atoms with Crippen molar-refractivity contribution in [2.75, 3.05) is 20.0 Å². The molecule has 7 atom stereocenters. The van der Waals surface area contributed by atoms with Gasteiger partial charge < -0.3 is 48.8 Å². The van der Waals surface area contributed by atoms with Gasteiger partial charge in [0, 0.05) is 23.3 Å². The lowest BCUT2D eigenvalue weighted by molar-refractivity contribution is -0.277. The Hall–Kier alpha value is -2.76. The second-order valence-corrected chi connectivity index (χ2v) is 8.21. The standard InChI is InChI=1S/C22H22O10/c23-6-17-18(24)19(25)20(26)22(32-17)30-9-1-2-10-13(3-9)27-7-12-11-4-15-16(29-8-28-15)5-14(11)31-21(10)12/h1-5,12,17-26H,6-8H2/t12-,17-,18-,19+,20-,21+,22+/m1/s1. The highest BCUT2D eigenvalue weighted by Gasteiger charge is 2.45. The van der Waals surface area contributed by atoms with Gasteiger partial charge in [0.2, 0.25) is 13.1 Å². The van der Waals surface area contributed by atoms with Crippen molar-refractivity contribution < 1.29 is 48.8 Å². The van der Waals surface area contributed by atoms with Gasteiger partial charge in [-0.1, -0.05) is 0 Å². The van der Waals surface area contributed by atoms with Crippen molar-refractivity contribution in [2.24, 2.45) is 0 Å². The van der Waals surface area contributed by atoms with E-state index in [1.54, 1.807) is 12.1 Å². The minimum Gasteiger partial charge on any atom is -0.492 e. The fraction of sp³-hybridized carbons (Fsp3) is 0.455. The van der Waals surface area contributed by atoms with Crippen LogP contribution in [0.4, 0.5) is 0 Å². The fourth-order valence-electron chi connectivity index (χ4n) is 4.60. The lowest BCUT2D eigenvalue weighted by Gasteiger charge is -2.39. The van der Waals surface area contributed by atoms with Crippen LogP contribution in [0.1, 0.15) is 23.1 Å². The average molecular weight is 446 g/mol. The molecule has 1 saturated heterocycles. The molecular formula is C22H22O10. The zero-order valence-electron chi connectivity index (χ0n) is 16.8. The quantitative estimate of drug-likeness (QED) is 0.518. The number of aliphatic hydroxyl groups excluding tert-OH is 4. The molecule has 2 aromatic carbocycles. The first-order valence-corrected chi connectivity index (χ1v) is 10.4. The van der Waals surface area contributed by atoms with Crippen LogP contribution in [0.15, 0.2) is 30.3 Å². The zero-order valence-corrected chi connectivity index (χ0v) is 16.8. The number of fused-ring (bicyclic) bond motifs is 6. The van der Waals surface area contributed by atoms with Crippen molar-refractivity contribution in [1.29, 1.82) is 0 Å². The summed E-state index contributed by atoms with van der Waals surface area (Å²) < 4.78 is 34.2. The topological polar surface area (TPSA) is 136 Å². The molecule has 0 radical (unpaired) electrons. The Bertz CT molecular complexity index is 1040. The molecule has 4 aliphatic heterocycles. The first kappa shape index (κ1) is 19.9. The first-order valence-electron chi connectivity index (χ1n) is 10.4. The van der Waals surface area contributed by atoms with E-state index >= 15 is 0 Å². The molecule has 0 amide bonds. The average Bonchev–Trinajstić information content (AvgIpc) is 3.41. The molecule has 0 bridgehead atoms. The minimum atomic E-state index is -1.51. The zero-order chi connectivity index (χ0) is 22.0. The third kappa shape index (κ3) is 2.99. The van der Waals surface area contributed by atoms with Crippen molar-refractivity contribution >= 4 is 0 Å². The van der Waals surface area contributed by atoms with Crippen LogP contribution in [0.5, 0.6) is 28.7 Å². The van der Waals surface area contributed by atoms with Gasteiger partial charge in [-0.05, 0) is 18.2 Å². The molecule has 4 N–H and O–H groups in total. The SMILES string of the molecule is OC[C@H]1O[C@H](Oc2ccc3c(c2)OC[C@@H]2c4cc5c(cc4O[C@@H]32)OCO5)[C@H](O)[C@@H](O)[C@@H]1O. The van der Waals surface area contributed by atoms with Crippen molar-refractivity contribution in [3.05, 3.63) is 41.5 Å². The van der Waals surface area contributed by atoms with Gasteiger partial charge in [-0.25, -0.2) is 0 Å². The summed E-state index contributed by atoms with van der Waals surface area (Å²) in [5, 5.41) is 39.4. The van der Waals surface area contributed by atoms with Gasteiger partial charge in [0.25, 0.3) is 0 Å². The van der Waals surface area contributed by atoms with E-state index in [1.165, 1.54) is 0 Å². The van der Waals surface area contributed by atoms with Gasteiger partial charge in [0.1, 0.15) is 47.8 Å². The molecule has 4 heterocycles. The maximum absolute atomic E-state index is 10.2. The van der Waals surface area contributed by atoms with Gasteiger partial charge in [-0.3, -0.25) is 0 Å². The summed E-state index contributed by atoms with van der Waals surface area (Å²) in [4.78, 5) is 0. The molecule has 6 rings (SSSR count). The van der Waals surface area contributed by atoms with Crippen LogP contribution in [-0.2, 0) is 4.74 Å². The maximum Gasteiger partial charge on any atom is 0.231 e. The Morgan fingerprint density at radius 1 is 0.844 bits per heavy atom. The van der Waals surface area contributed by atoms with E-state index in [-0.39, 0.29) is 18.8 Å². The highest BCUT2D eigenvalue weighted by atomic mass is 16.7. The van der Waals surface area contributed by atoms with E-state index in [0.29, 0.717) is 29.6 Å². The molecule has 10 heteroatoms. The Balaban J connectivity index is 1.23. The summed E-state index contributed by atoms with van der Waals surface area (Å²) in [6, 6.07) is 8.94. The van der Waals surface area contributed by atoms with Crippen LogP contribution in [0.3, 0.4) is 0 Å². The normalized spacial score (nSPS) is 34.1. The van der Waals surface area contributed by atoms with Crippen LogP contribution >= 0.6 is 0 Å². The van der Waals surface area contributed by atoms with Gasteiger partial charge in [0.15, 0.2) is 11.5 Å². The maximum atomic E-state index is 10.2. The largest absolute Gasteiger partial charge is 0.492 e. The highest BCUT2D eigenvalue weighted by Crippen LogP contribution is 2.54. The molecule has 1 fully saturated rings. The first-order chi connectivity index (χ1) is 15.5. The monoisotopic (exact) mass is 446 g/mol. The highest BCUT2D eigenvalue weighted by molar-refractivity contribution is 5.57. The molecule has 0 aliphatic carbocycles. The van der Waals surface area contributed by atoms with E-state index in [0.717, 1.165) is 16.9 Å². The smallest absolute Gasteiger partial charge is 0.231 e. The number of ether oxygens (including phenoxy) is 6. The summed E-state index contributed by atoms with van der Waals surface area (Å²) in [6.45, 7) is 0.0648. The Morgan fingerprint density at radius 2 is 1.66 bits per heavy atom. The van der Waals surface area contributed by atoms with Gasteiger partial charge in [0.05, 0.1) is 19.1 Å². The number of hydrogen-bond acceptors (Lipinski definition) is 10. The van der Waals surface area contributed by atoms with Crippen molar-refractivity contribution in [1.82, 2.24) is 0 Å². The van der Waals surface area contributed by atoms with E-state index in [4.69, 9.17) is 28.4 Å². The number of benzene rings is 2. The van der Waals surface area contributed by atoms with Gasteiger partial charge in [-0.15, -0.1) is 0 Å². The number of hydrogen-bond donors (Lipinski definition) is 4. The third-order valence-electron chi connectivity index (χ3n) is 6.33. The predicted octanol–water partition coefficient (Wildman–Crippen LogP) is 0.204. The fourth-order valence-corrected chi connectivity index (χ4v) is 4.60. The molecule has 0 spiro atoms. The summed E-state index contributed by atoms with van der Waals surface area (Å²) in [6.07, 6.45) is -7.01. The van der Waals surface area contributed by atoms with Crippen molar-refractivity contribution in [2.45, 2.75) is 42.7 Å². The van der Waals surface area contributed by atoms with Crippen LogP contribution in [0.25, 0.3) is 0 Å². The molecule has 0 saturated carbocycles. The Kier molecular flexibility index (Phi) is 4.60. The minimum absolute atomic E-state index is 0.00390. The van der Waals surface area contributed by atoms with E-state index in [2.05, 4.69) is 0 Å². The molecule has 32 heavy (non-hydrogen) atoms. The predicted molar refractivity (Wildman–Crippen MR) is 105 cm³/mol.